The highest BCUT2D eigenvalue weighted by molar-refractivity contribution is 6.00. The SMILES string of the molecule is C[C@@H]1Oc2ccccc2N(CCC(=O)O[C@H](C)C(=O)NCC2CCCCC2)C1=O. The first-order chi connectivity index (χ1) is 14.0. The molecular formula is C22H30N2O5. The first-order valence-corrected chi connectivity index (χ1v) is 10.5. The standard InChI is InChI=1S/C22H30N2O5/c1-15(21(26)23-14-17-8-4-3-5-9-17)29-20(25)12-13-24-18-10-6-7-11-19(18)28-16(2)22(24)27/h6-7,10-11,15-17H,3-5,8-9,12-14H2,1-2H3,(H,23,26)/t15-,16+/m1/s1. The van der Waals surface area contributed by atoms with Gasteiger partial charge in [0, 0.05) is 13.1 Å². The Balaban J connectivity index is 1.46. The predicted molar refractivity (Wildman–Crippen MR) is 109 cm³/mol. The summed E-state index contributed by atoms with van der Waals surface area (Å²) in [5.41, 5.74) is 0.640. The lowest BCUT2D eigenvalue weighted by Crippen LogP contribution is -2.45. The number of carbonyl (C=O) groups is 3. The lowest BCUT2D eigenvalue weighted by atomic mass is 9.89. The van der Waals surface area contributed by atoms with E-state index >= 15 is 0 Å². The van der Waals surface area contributed by atoms with Crippen molar-refractivity contribution in [2.45, 2.75) is 64.6 Å². The minimum atomic E-state index is -0.849. The smallest absolute Gasteiger partial charge is 0.308 e. The van der Waals surface area contributed by atoms with Crippen LogP contribution in [-0.4, -0.2) is 43.1 Å². The molecule has 1 N–H and O–H groups in total. The molecule has 7 nitrogen and oxygen atoms in total. The van der Waals surface area contributed by atoms with E-state index in [1.807, 2.05) is 12.1 Å². The van der Waals surface area contributed by atoms with Crippen molar-refractivity contribution in [3.8, 4) is 5.75 Å². The van der Waals surface area contributed by atoms with E-state index < -0.39 is 18.2 Å². The monoisotopic (exact) mass is 402 g/mol. The van der Waals surface area contributed by atoms with E-state index in [2.05, 4.69) is 5.32 Å². The lowest BCUT2D eigenvalue weighted by Gasteiger charge is -2.32. The van der Waals surface area contributed by atoms with Crippen LogP contribution in [0.1, 0.15) is 52.4 Å². The second kappa shape index (κ2) is 9.76. The minimum absolute atomic E-state index is 0.00698. The Morgan fingerprint density at radius 1 is 1.24 bits per heavy atom. The van der Waals surface area contributed by atoms with Crippen molar-refractivity contribution in [3.05, 3.63) is 24.3 Å². The maximum Gasteiger partial charge on any atom is 0.308 e. The maximum atomic E-state index is 12.5. The Labute approximate surface area is 171 Å². The second-order valence-corrected chi connectivity index (χ2v) is 7.85. The third kappa shape index (κ3) is 5.49. The summed E-state index contributed by atoms with van der Waals surface area (Å²) in [7, 11) is 0. The average Bonchev–Trinajstić information content (AvgIpc) is 2.73. The van der Waals surface area contributed by atoms with Crippen molar-refractivity contribution in [2.24, 2.45) is 5.92 Å². The number of para-hydroxylation sites is 2. The first-order valence-electron chi connectivity index (χ1n) is 10.5. The number of hydrogen-bond donors (Lipinski definition) is 1. The summed E-state index contributed by atoms with van der Waals surface area (Å²) >= 11 is 0. The molecule has 2 aliphatic rings. The molecule has 7 heteroatoms. The zero-order valence-electron chi connectivity index (χ0n) is 17.2. The molecule has 0 unspecified atom stereocenters. The third-order valence-corrected chi connectivity index (χ3v) is 5.58. The van der Waals surface area contributed by atoms with E-state index in [1.54, 1.807) is 30.9 Å². The molecule has 0 saturated heterocycles. The normalized spacial score (nSPS) is 20.4. The largest absolute Gasteiger partial charge is 0.479 e. The zero-order valence-corrected chi connectivity index (χ0v) is 17.2. The van der Waals surface area contributed by atoms with Crippen LogP contribution >= 0.6 is 0 Å². The Hall–Kier alpha value is -2.57. The van der Waals surface area contributed by atoms with Gasteiger partial charge in [-0.3, -0.25) is 14.4 Å². The summed E-state index contributed by atoms with van der Waals surface area (Å²) in [4.78, 5) is 38.4. The number of fused-ring (bicyclic) bond motifs is 1. The summed E-state index contributed by atoms with van der Waals surface area (Å²) in [6, 6.07) is 7.23. The van der Waals surface area contributed by atoms with Gasteiger partial charge in [0.15, 0.2) is 12.2 Å². The van der Waals surface area contributed by atoms with Gasteiger partial charge in [0.2, 0.25) is 0 Å². The van der Waals surface area contributed by atoms with Gasteiger partial charge in [0.05, 0.1) is 12.1 Å². The predicted octanol–water partition coefficient (Wildman–Crippen LogP) is 2.82. The highest BCUT2D eigenvalue weighted by Gasteiger charge is 2.31. The third-order valence-electron chi connectivity index (χ3n) is 5.58. The molecule has 1 aromatic rings. The first kappa shape index (κ1) is 21.1. The molecule has 1 aliphatic carbocycles. The quantitative estimate of drug-likeness (QED) is 0.709. The van der Waals surface area contributed by atoms with Crippen molar-refractivity contribution in [2.75, 3.05) is 18.0 Å². The molecule has 0 spiro atoms. The molecule has 1 aliphatic heterocycles. The molecule has 1 saturated carbocycles. The van der Waals surface area contributed by atoms with Gasteiger partial charge in [-0.1, -0.05) is 31.4 Å². The summed E-state index contributed by atoms with van der Waals surface area (Å²) in [6.07, 6.45) is 4.54. The van der Waals surface area contributed by atoms with Crippen molar-refractivity contribution >= 4 is 23.5 Å². The van der Waals surface area contributed by atoms with Crippen LogP contribution in [0.5, 0.6) is 5.75 Å². The molecule has 2 atom stereocenters. The zero-order chi connectivity index (χ0) is 20.8. The van der Waals surface area contributed by atoms with E-state index in [4.69, 9.17) is 9.47 Å². The van der Waals surface area contributed by atoms with Crippen molar-refractivity contribution in [1.29, 1.82) is 0 Å². The van der Waals surface area contributed by atoms with Crippen LogP contribution in [0.3, 0.4) is 0 Å². The van der Waals surface area contributed by atoms with E-state index in [1.165, 1.54) is 19.3 Å². The Bertz CT molecular complexity index is 744. The van der Waals surface area contributed by atoms with Gasteiger partial charge in [-0.2, -0.15) is 0 Å². The van der Waals surface area contributed by atoms with E-state index in [0.717, 1.165) is 12.8 Å². The van der Waals surface area contributed by atoms with Crippen molar-refractivity contribution in [3.63, 3.8) is 0 Å². The van der Waals surface area contributed by atoms with Gasteiger partial charge < -0.3 is 19.7 Å². The van der Waals surface area contributed by atoms with Gasteiger partial charge in [0.1, 0.15) is 5.75 Å². The molecule has 1 aromatic carbocycles. The average molecular weight is 402 g/mol. The molecule has 0 bridgehead atoms. The number of anilines is 1. The summed E-state index contributed by atoms with van der Waals surface area (Å²) < 4.78 is 10.9. The highest BCUT2D eigenvalue weighted by Crippen LogP contribution is 2.33. The van der Waals surface area contributed by atoms with Crippen LogP contribution in [-0.2, 0) is 19.1 Å². The van der Waals surface area contributed by atoms with Gasteiger partial charge in [-0.05, 0) is 44.7 Å². The molecule has 158 valence electrons. The highest BCUT2D eigenvalue weighted by atomic mass is 16.5. The summed E-state index contributed by atoms with van der Waals surface area (Å²) in [5.74, 6) is 0.156. The molecule has 0 aromatic heterocycles. The fourth-order valence-electron chi connectivity index (χ4n) is 3.88. The number of nitrogens with zero attached hydrogens (tertiary/aromatic N) is 1. The fraction of sp³-hybridized carbons (Fsp3) is 0.591. The Kier molecular flexibility index (Phi) is 7.12. The number of benzene rings is 1. The van der Waals surface area contributed by atoms with E-state index in [0.29, 0.717) is 23.9 Å². The number of esters is 1. The van der Waals surface area contributed by atoms with Crippen LogP contribution in [0.4, 0.5) is 5.69 Å². The van der Waals surface area contributed by atoms with Gasteiger partial charge in [-0.25, -0.2) is 0 Å². The molecule has 3 rings (SSSR count). The summed E-state index contributed by atoms with van der Waals surface area (Å²) in [5, 5.41) is 2.89. The van der Waals surface area contributed by atoms with Gasteiger partial charge >= 0.3 is 5.97 Å². The molecule has 29 heavy (non-hydrogen) atoms. The number of nitrogens with one attached hydrogen (secondary N) is 1. The van der Waals surface area contributed by atoms with Gasteiger partial charge in [-0.15, -0.1) is 0 Å². The summed E-state index contributed by atoms with van der Waals surface area (Å²) in [6.45, 7) is 4.07. The minimum Gasteiger partial charge on any atom is -0.479 e. The number of rotatable bonds is 7. The molecule has 0 radical (unpaired) electrons. The molecule has 1 fully saturated rings. The second-order valence-electron chi connectivity index (χ2n) is 7.85. The van der Waals surface area contributed by atoms with Crippen LogP contribution in [0.15, 0.2) is 24.3 Å². The van der Waals surface area contributed by atoms with Crippen LogP contribution in [0.2, 0.25) is 0 Å². The number of amides is 2. The van der Waals surface area contributed by atoms with Crippen LogP contribution in [0.25, 0.3) is 0 Å². The van der Waals surface area contributed by atoms with E-state index in [-0.39, 0.29) is 24.8 Å². The number of ether oxygens (including phenoxy) is 2. The molecular weight excluding hydrogens is 372 g/mol. The maximum absolute atomic E-state index is 12.5. The Morgan fingerprint density at radius 2 is 1.97 bits per heavy atom. The van der Waals surface area contributed by atoms with Crippen molar-refractivity contribution < 1.29 is 23.9 Å². The van der Waals surface area contributed by atoms with Crippen LogP contribution < -0.4 is 15.0 Å². The lowest BCUT2D eigenvalue weighted by molar-refractivity contribution is -0.154. The van der Waals surface area contributed by atoms with Gasteiger partial charge in [0.25, 0.3) is 11.8 Å². The topological polar surface area (TPSA) is 84.9 Å². The fourth-order valence-corrected chi connectivity index (χ4v) is 3.88. The molecule has 1 heterocycles. The van der Waals surface area contributed by atoms with E-state index in [9.17, 15) is 14.4 Å². The van der Waals surface area contributed by atoms with Crippen LogP contribution in [0, 0.1) is 5.92 Å². The number of carbonyl (C=O) groups excluding carboxylic acids is 3. The van der Waals surface area contributed by atoms with Crippen molar-refractivity contribution in [1.82, 2.24) is 5.32 Å². The molecule has 2 amide bonds. The Morgan fingerprint density at radius 3 is 2.72 bits per heavy atom. The number of hydrogen-bond acceptors (Lipinski definition) is 5.